The molecular formula is C37H36Cl2N4O8. The molecule has 0 bridgehead atoms. The summed E-state index contributed by atoms with van der Waals surface area (Å²) in [5, 5.41) is 17.4. The van der Waals surface area contributed by atoms with E-state index >= 15 is 0 Å². The third-order valence-corrected chi connectivity index (χ3v) is 9.18. The molecule has 0 saturated heterocycles. The third kappa shape index (κ3) is 8.24. The molecule has 1 aliphatic rings. The molecule has 3 atom stereocenters. The number of ketones is 1. The van der Waals surface area contributed by atoms with E-state index in [1.807, 2.05) is 44.2 Å². The van der Waals surface area contributed by atoms with Crippen LogP contribution in [-0.2, 0) is 35.2 Å². The number of H-pyrrole nitrogens is 1. The fourth-order valence-corrected chi connectivity index (χ4v) is 6.75. The average Bonchev–Trinajstić information content (AvgIpc) is 3.70. The molecule has 0 saturated carbocycles. The zero-order chi connectivity index (χ0) is 36.9. The number of carboxylic acids is 1. The summed E-state index contributed by atoms with van der Waals surface area (Å²) in [6, 6.07) is 18.7. The van der Waals surface area contributed by atoms with Crippen LogP contribution >= 0.6 is 23.2 Å². The Morgan fingerprint density at radius 1 is 1.00 bits per heavy atom. The van der Waals surface area contributed by atoms with Crippen molar-refractivity contribution >= 4 is 75.0 Å². The number of amides is 2. The van der Waals surface area contributed by atoms with Crippen molar-refractivity contribution in [3.8, 4) is 0 Å². The Morgan fingerprint density at radius 2 is 1.67 bits per heavy atom. The van der Waals surface area contributed by atoms with Crippen LogP contribution in [0.4, 0.5) is 5.69 Å². The van der Waals surface area contributed by atoms with Crippen molar-refractivity contribution in [3.63, 3.8) is 0 Å². The first kappa shape index (κ1) is 37.1. The molecule has 0 spiro atoms. The number of rotatable bonds is 14. The van der Waals surface area contributed by atoms with E-state index in [0.29, 0.717) is 17.0 Å². The number of nitrogens with one attached hydrogen (secondary N) is 2. The largest absolute Gasteiger partial charge is 0.481 e. The summed E-state index contributed by atoms with van der Waals surface area (Å²) in [6.45, 7) is 4.42. The van der Waals surface area contributed by atoms with Gasteiger partial charge in [-0.1, -0.05) is 96.8 Å². The minimum Gasteiger partial charge on any atom is -0.481 e. The number of carbonyl (C=O) groups is 5. The Morgan fingerprint density at radius 3 is 2.31 bits per heavy atom. The number of ether oxygens (including phenoxy) is 1. The zero-order valence-corrected chi connectivity index (χ0v) is 29.5. The molecule has 3 N–H and O–H groups in total. The number of carbonyl (C=O) groups excluding carboxylic acids is 4. The van der Waals surface area contributed by atoms with Gasteiger partial charge in [-0.05, 0) is 29.7 Å². The zero-order valence-electron chi connectivity index (χ0n) is 28.0. The van der Waals surface area contributed by atoms with Crippen LogP contribution < -0.4 is 10.2 Å². The number of benzene rings is 3. The van der Waals surface area contributed by atoms with Crippen LogP contribution in [0.25, 0.3) is 10.9 Å². The first-order valence-corrected chi connectivity index (χ1v) is 16.9. The standard InChI is InChI=1S/C37H36Cl2N4O8/c1-21(2)34(43(22(3)44)30-19-40-27-15-8-7-12-24(27)30)29-18-37(51-42-29,17-23-10-5-4-6-11-23)36(49)41-28(16-32(46)47)31(45)20-50-35(48)33-25(38)13-9-14-26(33)39/h4-15,19,21,28,34,40H,16-18,20H2,1-3H3,(H,41,49)(H,46,47)/t28-,34-,37?/m0/s1. The van der Waals surface area contributed by atoms with Gasteiger partial charge in [0.2, 0.25) is 11.5 Å². The number of hydrogen-bond acceptors (Lipinski definition) is 8. The fraction of sp³-hybridized carbons (Fsp3) is 0.297. The van der Waals surface area contributed by atoms with Crippen molar-refractivity contribution in [2.24, 2.45) is 11.1 Å². The number of hydrogen-bond donors (Lipinski definition) is 3. The number of aliphatic carboxylic acids is 1. The Kier molecular flexibility index (Phi) is 11.5. The van der Waals surface area contributed by atoms with Gasteiger partial charge >= 0.3 is 11.9 Å². The van der Waals surface area contributed by atoms with Crippen molar-refractivity contribution in [2.75, 3.05) is 11.5 Å². The molecule has 4 aromatic rings. The number of para-hydroxylation sites is 1. The molecule has 51 heavy (non-hydrogen) atoms. The molecule has 0 aliphatic carbocycles. The lowest BCUT2D eigenvalue weighted by Crippen LogP contribution is -2.56. The number of carboxylic acid groups (broad SMARTS) is 1. The molecule has 14 heteroatoms. The first-order chi connectivity index (χ1) is 24.3. The Bertz CT molecular complexity index is 1980. The highest BCUT2D eigenvalue weighted by atomic mass is 35.5. The Hall–Kier alpha value is -5.20. The number of halogens is 2. The van der Waals surface area contributed by atoms with Crippen LogP contribution in [0.2, 0.25) is 10.0 Å². The third-order valence-electron chi connectivity index (χ3n) is 8.55. The molecular weight excluding hydrogens is 699 g/mol. The van der Waals surface area contributed by atoms with E-state index in [-0.39, 0.29) is 40.3 Å². The van der Waals surface area contributed by atoms with Gasteiger partial charge in [-0.15, -0.1) is 0 Å². The van der Waals surface area contributed by atoms with E-state index in [2.05, 4.69) is 15.5 Å². The summed E-state index contributed by atoms with van der Waals surface area (Å²) in [7, 11) is 0. The monoisotopic (exact) mass is 734 g/mol. The van der Waals surface area contributed by atoms with Gasteiger partial charge in [0.05, 0.1) is 39.5 Å². The number of nitrogens with zero attached hydrogens (tertiary/aromatic N) is 2. The number of oxime groups is 1. The maximum absolute atomic E-state index is 14.3. The molecule has 2 heterocycles. The predicted octanol–water partition coefficient (Wildman–Crippen LogP) is 6.00. The van der Waals surface area contributed by atoms with E-state index in [1.165, 1.54) is 25.1 Å². The summed E-state index contributed by atoms with van der Waals surface area (Å²) in [5.74, 6) is -4.53. The summed E-state index contributed by atoms with van der Waals surface area (Å²) >= 11 is 12.2. The summed E-state index contributed by atoms with van der Waals surface area (Å²) in [5.41, 5.74) is 0.679. The maximum atomic E-state index is 14.3. The molecule has 2 amide bonds. The van der Waals surface area contributed by atoms with E-state index in [4.69, 9.17) is 32.8 Å². The Labute approximate surface area is 303 Å². The van der Waals surface area contributed by atoms with Crippen LogP contribution in [0.15, 0.2) is 84.1 Å². The van der Waals surface area contributed by atoms with E-state index < -0.39 is 54.3 Å². The van der Waals surface area contributed by atoms with E-state index in [1.54, 1.807) is 35.4 Å². The fourth-order valence-electron chi connectivity index (χ4n) is 6.20. The topological polar surface area (TPSA) is 167 Å². The van der Waals surface area contributed by atoms with Crippen LogP contribution in [0, 0.1) is 5.92 Å². The highest BCUT2D eigenvalue weighted by Crippen LogP contribution is 2.36. The summed E-state index contributed by atoms with van der Waals surface area (Å²) < 4.78 is 5.14. The highest BCUT2D eigenvalue weighted by Gasteiger charge is 2.50. The van der Waals surface area contributed by atoms with Gasteiger partial charge in [-0.2, -0.15) is 0 Å². The van der Waals surface area contributed by atoms with Gasteiger partial charge in [-0.25, -0.2) is 4.79 Å². The number of anilines is 1. The number of aromatic nitrogens is 1. The second-order valence-corrected chi connectivity index (χ2v) is 13.4. The molecule has 1 aliphatic heterocycles. The van der Waals surface area contributed by atoms with Gasteiger partial charge < -0.3 is 29.9 Å². The van der Waals surface area contributed by atoms with Crippen molar-refractivity contribution in [2.45, 2.75) is 57.7 Å². The quantitative estimate of drug-likeness (QED) is 0.133. The lowest BCUT2D eigenvalue weighted by Gasteiger charge is -2.34. The van der Waals surface area contributed by atoms with Crippen LogP contribution in [0.1, 0.15) is 49.5 Å². The van der Waals surface area contributed by atoms with Gasteiger partial charge in [0.25, 0.3) is 5.91 Å². The molecule has 1 unspecified atom stereocenters. The maximum Gasteiger partial charge on any atom is 0.341 e. The summed E-state index contributed by atoms with van der Waals surface area (Å²) in [6.07, 6.45) is 0.850. The number of fused-ring (bicyclic) bond motifs is 1. The molecule has 266 valence electrons. The summed E-state index contributed by atoms with van der Waals surface area (Å²) in [4.78, 5) is 76.3. The normalized spacial score (nSPS) is 16.5. The van der Waals surface area contributed by atoms with Gasteiger partial charge in [0, 0.05) is 36.9 Å². The molecule has 0 radical (unpaired) electrons. The van der Waals surface area contributed by atoms with E-state index in [0.717, 1.165) is 10.9 Å². The van der Waals surface area contributed by atoms with Gasteiger partial charge in [0.1, 0.15) is 6.04 Å². The Balaban J connectivity index is 1.42. The van der Waals surface area contributed by atoms with Crippen molar-refractivity contribution in [1.29, 1.82) is 0 Å². The molecule has 5 rings (SSSR count). The molecule has 0 fully saturated rings. The van der Waals surface area contributed by atoms with Gasteiger partial charge in [0.15, 0.2) is 12.4 Å². The second kappa shape index (κ2) is 15.8. The highest BCUT2D eigenvalue weighted by molar-refractivity contribution is 6.39. The number of Topliss-reactive ketones (excluding diaryl/α,β-unsaturated/α-hetero) is 1. The minimum atomic E-state index is -1.73. The number of esters is 1. The van der Waals surface area contributed by atoms with Crippen LogP contribution in [-0.4, -0.2) is 69.6 Å². The first-order valence-electron chi connectivity index (χ1n) is 16.1. The van der Waals surface area contributed by atoms with Crippen molar-refractivity contribution < 1.29 is 38.7 Å². The van der Waals surface area contributed by atoms with Crippen molar-refractivity contribution in [3.05, 3.63) is 100 Å². The van der Waals surface area contributed by atoms with Crippen LogP contribution in [0.3, 0.4) is 0 Å². The predicted molar refractivity (Wildman–Crippen MR) is 192 cm³/mol. The minimum absolute atomic E-state index is 0.000104. The SMILES string of the molecule is CC(=O)N(c1c[nH]c2ccccc12)[C@H](C1=NOC(Cc2ccccc2)(C(=O)N[C@@H](CC(=O)O)C(=O)COC(=O)c2c(Cl)cccc2Cl)C1)C(C)C. The second-order valence-electron chi connectivity index (χ2n) is 12.6. The van der Waals surface area contributed by atoms with Crippen molar-refractivity contribution in [1.82, 2.24) is 10.3 Å². The van der Waals surface area contributed by atoms with Gasteiger partial charge in [-0.3, -0.25) is 19.2 Å². The van der Waals surface area contributed by atoms with Crippen LogP contribution in [0.5, 0.6) is 0 Å². The lowest BCUT2D eigenvalue weighted by atomic mass is 9.84. The molecule has 1 aromatic heterocycles. The smallest absolute Gasteiger partial charge is 0.341 e. The molecule has 12 nitrogen and oxygen atoms in total. The van der Waals surface area contributed by atoms with E-state index in [9.17, 15) is 29.1 Å². The average molecular weight is 736 g/mol. The lowest BCUT2D eigenvalue weighted by molar-refractivity contribution is -0.148. The molecule has 3 aromatic carbocycles. The number of aromatic amines is 1.